The minimum Gasteiger partial charge on any atom is -0.261 e. The standard InChI is InChI=1S/C10H11N2/c11-8-4-1-2-6-10-7-3-5-9-12-10/h2-3,5,7,9H,1,4,6H2. The van der Waals surface area contributed by atoms with Crippen molar-refractivity contribution in [3.05, 3.63) is 36.5 Å². The van der Waals surface area contributed by atoms with Gasteiger partial charge in [-0.1, -0.05) is 6.07 Å². The zero-order valence-corrected chi connectivity index (χ0v) is 6.90. The third-order valence-corrected chi connectivity index (χ3v) is 1.54. The van der Waals surface area contributed by atoms with Crippen molar-refractivity contribution >= 4 is 0 Å². The Balaban J connectivity index is 2.21. The first-order valence-electron chi connectivity index (χ1n) is 4.02. The second-order valence-corrected chi connectivity index (χ2v) is 2.51. The average Bonchev–Trinajstić information content (AvgIpc) is 2.14. The molecule has 0 N–H and O–H groups in total. The van der Waals surface area contributed by atoms with E-state index in [9.17, 15) is 0 Å². The Labute approximate surface area is 72.9 Å². The highest BCUT2D eigenvalue weighted by atomic mass is 14.7. The number of pyridine rings is 1. The molecule has 61 valence electrons. The van der Waals surface area contributed by atoms with Crippen molar-refractivity contribution in [3.63, 3.8) is 0 Å². The first kappa shape index (κ1) is 8.73. The number of nitrogens with zero attached hydrogens (tertiary/aromatic N) is 2. The van der Waals surface area contributed by atoms with Crippen molar-refractivity contribution in [3.8, 4) is 6.07 Å². The van der Waals surface area contributed by atoms with Crippen LogP contribution >= 0.6 is 0 Å². The summed E-state index contributed by atoms with van der Waals surface area (Å²) in [5, 5.41) is 8.28. The van der Waals surface area contributed by atoms with E-state index in [4.69, 9.17) is 5.26 Å². The Bertz CT molecular complexity index is 248. The zero-order chi connectivity index (χ0) is 8.65. The molecule has 1 aromatic heterocycles. The molecule has 2 nitrogen and oxygen atoms in total. The number of rotatable bonds is 4. The molecule has 2 heteroatoms. The summed E-state index contributed by atoms with van der Waals surface area (Å²) < 4.78 is 0. The number of hydrogen-bond donors (Lipinski definition) is 0. The predicted octanol–water partition coefficient (Wildman–Crippen LogP) is 2.13. The van der Waals surface area contributed by atoms with Crippen LogP contribution in [0, 0.1) is 17.8 Å². The van der Waals surface area contributed by atoms with Gasteiger partial charge in [-0.05, 0) is 31.4 Å². The minimum atomic E-state index is 0.604. The lowest BCUT2D eigenvalue weighted by atomic mass is 10.1. The first-order valence-corrected chi connectivity index (χ1v) is 4.02. The van der Waals surface area contributed by atoms with Gasteiger partial charge in [0.25, 0.3) is 0 Å². The maximum absolute atomic E-state index is 8.28. The molecule has 0 spiro atoms. The maximum Gasteiger partial charge on any atom is 0.0621 e. The minimum absolute atomic E-state index is 0.604. The molecule has 0 saturated carbocycles. The topological polar surface area (TPSA) is 36.7 Å². The molecular formula is C10H11N2. The van der Waals surface area contributed by atoms with Crippen molar-refractivity contribution in [1.82, 2.24) is 4.98 Å². The molecule has 0 aromatic carbocycles. The molecule has 0 unspecified atom stereocenters. The molecule has 0 amide bonds. The van der Waals surface area contributed by atoms with Gasteiger partial charge in [0, 0.05) is 18.3 Å². The quantitative estimate of drug-likeness (QED) is 0.631. The molecule has 0 saturated heterocycles. The second-order valence-electron chi connectivity index (χ2n) is 2.51. The van der Waals surface area contributed by atoms with Gasteiger partial charge in [-0.3, -0.25) is 4.98 Å². The summed E-state index contributed by atoms with van der Waals surface area (Å²) in [6.07, 6.45) is 6.20. The fourth-order valence-corrected chi connectivity index (χ4v) is 0.935. The lowest BCUT2D eigenvalue weighted by Crippen LogP contribution is -1.89. The van der Waals surface area contributed by atoms with Crippen LogP contribution in [0.4, 0.5) is 0 Å². The van der Waals surface area contributed by atoms with Crippen LogP contribution in [0.3, 0.4) is 0 Å². The normalized spacial score (nSPS) is 9.25. The van der Waals surface area contributed by atoms with Crippen LogP contribution in [-0.4, -0.2) is 4.98 Å². The van der Waals surface area contributed by atoms with Crippen molar-refractivity contribution in [2.75, 3.05) is 0 Å². The van der Waals surface area contributed by atoms with Crippen LogP contribution in [0.2, 0.25) is 0 Å². The van der Waals surface area contributed by atoms with Crippen LogP contribution in [0.25, 0.3) is 0 Å². The smallest absolute Gasteiger partial charge is 0.0621 e. The molecular weight excluding hydrogens is 148 g/mol. The molecule has 1 rings (SSSR count). The zero-order valence-electron chi connectivity index (χ0n) is 6.90. The molecule has 1 aromatic rings. The summed E-state index contributed by atoms with van der Waals surface area (Å²) >= 11 is 0. The van der Waals surface area contributed by atoms with Crippen molar-refractivity contribution in [1.29, 1.82) is 5.26 Å². The Morgan fingerprint density at radius 3 is 3.08 bits per heavy atom. The monoisotopic (exact) mass is 159 g/mol. The lowest BCUT2D eigenvalue weighted by Gasteiger charge is -1.96. The van der Waals surface area contributed by atoms with Gasteiger partial charge in [-0.25, -0.2) is 0 Å². The third-order valence-electron chi connectivity index (χ3n) is 1.54. The van der Waals surface area contributed by atoms with Crippen molar-refractivity contribution in [2.24, 2.45) is 0 Å². The number of aromatic nitrogens is 1. The summed E-state index contributed by atoms with van der Waals surface area (Å²) in [4.78, 5) is 4.16. The molecule has 0 bridgehead atoms. The summed E-state index contributed by atoms with van der Waals surface area (Å²) in [5.74, 6) is 0. The number of hydrogen-bond acceptors (Lipinski definition) is 2. The molecule has 0 fully saturated rings. The van der Waals surface area contributed by atoms with E-state index in [0.29, 0.717) is 6.42 Å². The summed E-state index contributed by atoms with van der Waals surface area (Å²) in [5.41, 5.74) is 1.07. The summed E-state index contributed by atoms with van der Waals surface area (Å²) in [6, 6.07) is 7.97. The largest absolute Gasteiger partial charge is 0.261 e. The van der Waals surface area contributed by atoms with E-state index in [-0.39, 0.29) is 0 Å². The molecule has 0 atom stereocenters. The Morgan fingerprint density at radius 1 is 1.50 bits per heavy atom. The number of nitriles is 1. The highest BCUT2D eigenvalue weighted by molar-refractivity contribution is 5.05. The van der Waals surface area contributed by atoms with E-state index in [2.05, 4.69) is 17.5 Å². The van der Waals surface area contributed by atoms with Gasteiger partial charge in [-0.15, -0.1) is 0 Å². The van der Waals surface area contributed by atoms with Gasteiger partial charge in [0.2, 0.25) is 0 Å². The second kappa shape index (κ2) is 5.31. The van der Waals surface area contributed by atoms with E-state index in [1.54, 1.807) is 6.20 Å². The lowest BCUT2D eigenvalue weighted by molar-refractivity contribution is 0.905. The fraction of sp³-hybridized carbons (Fsp3) is 0.300. The van der Waals surface area contributed by atoms with Gasteiger partial charge in [0.05, 0.1) is 6.07 Å². The Hall–Kier alpha value is -1.36. The fourth-order valence-electron chi connectivity index (χ4n) is 0.935. The SMILES string of the molecule is N#CCC[CH]Cc1ccccn1. The van der Waals surface area contributed by atoms with E-state index in [0.717, 1.165) is 18.5 Å². The van der Waals surface area contributed by atoms with Crippen LogP contribution in [0.5, 0.6) is 0 Å². The maximum atomic E-state index is 8.28. The van der Waals surface area contributed by atoms with E-state index < -0.39 is 0 Å². The number of unbranched alkanes of at least 4 members (excludes halogenated alkanes) is 2. The van der Waals surface area contributed by atoms with E-state index >= 15 is 0 Å². The first-order chi connectivity index (χ1) is 5.93. The van der Waals surface area contributed by atoms with Gasteiger partial charge in [-0.2, -0.15) is 5.26 Å². The highest BCUT2D eigenvalue weighted by Gasteiger charge is 1.92. The van der Waals surface area contributed by atoms with Gasteiger partial charge < -0.3 is 0 Å². The molecule has 0 aliphatic carbocycles. The Kier molecular flexibility index (Phi) is 3.87. The van der Waals surface area contributed by atoms with Crippen molar-refractivity contribution < 1.29 is 0 Å². The van der Waals surface area contributed by atoms with Crippen LogP contribution < -0.4 is 0 Å². The molecule has 12 heavy (non-hydrogen) atoms. The van der Waals surface area contributed by atoms with E-state index in [1.807, 2.05) is 18.2 Å². The van der Waals surface area contributed by atoms with Crippen LogP contribution in [0.1, 0.15) is 18.5 Å². The third kappa shape index (κ3) is 3.16. The summed E-state index contributed by atoms with van der Waals surface area (Å²) in [6.45, 7) is 0. The van der Waals surface area contributed by atoms with Gasteiger partial charge in [0.1, 0.15) is 0 Å². The molecule has 0 aliphatic rings. The van der Waals surface area contributed by atoms with Gasteiger partial charge in [0.15, 0.2) is 0 Å². The average molecular weight is 159 g/mol. The van der Waals surface area contributed by atoms with Crippen LogP contribution in [0.15, 0.2) is 24.4 Å². The molecule has 0 aliphatic heterocycles. The molecule has 1 heterocycles. The molecule has 1 radical (unpaired) electrons. The highest BCUT2D eigenvalue weighted by Crippen LogP contribution is 2.01. The predicted molar refractivity (Wildman–Crippen MR) is 47.1 cm³/mol. The van der Waals surface area contributed by atoms with Crippen molar-refractivity contribution in [2.45, 2.75) is 19.3 Å². The summed E-state index contributed by atoms with van der Waals surface area (Å²) in [7, 11) is 0. The Morgan fingerprint density at radius 2 is 2.42 bits per heavy atom. The van der Waals surface area contributed by atoms with Crippen LogP contribution in [-0.2, 0) is 6.42 Å². The van der Waals surface area contributed by atoms with Gasteiger partial charge >= 0.3 is 0 Å². The van der Waals surface area contributed by atoms with E-state index in [1.165, 1.54) is 0 Å².